The average molecular weight is 1100 g/mol. The predicted octanol–water partition coefficient (Wildman–Crippen LogP) is -5.50. The Balaban J connectivity index is 0.922. The number of aromatic nitrogens is 3. The molecular formula is C45H72N14O14S2. The number of nitrogens with zero attached hydrogens (tertiary/aromatic N) is 3. The lowest BCUT2D eigenvalue weighted by atomic mass is 9.84. The first-order valence-electron chi connectivity index (χ1n) is 24.1. The molecule has 30 heteroatoms. The summed E-state index contributed by atoms with van der Waals surface area (Å²) in [4.78, 5) is 64.8. The molecule has 28 nitrogen and oxygen atoms in total. The summed E-state index contributed by atoms with van der Waals surface area (Å²) < 4.78 is 28.1. The lowest BCUT2D eigenvalue weighted by molar-refractivity contribution is -0.314. The van der Waals surface area contributed by atoms with E-state index in [-0.39, 0.29) is 60.5 Å². The Morgan fingerprint density at radius 2 is 1.20 bits per heavy atom. The quantitative estimate of drug-likeness (QED) is 0.0417. The van der Waals surface area contributed by atoms with Crippen molar-refractivity contribution in [3.8, 4) is 0 Å². The number of anilines is 3. The number of carbonyl (C=O) groups is 5. The number of hydrogen-bond acceptors (Lipinski definition) is 22. The molecule has 0 spiro atoms. The molecule has 1 saturated carbocycles. The molecule has 3 fully saturated rings. The van der Waals surface area contributed by atoms with Gasteiger partial charge in [-0.1, -0.05) is 0 Å². The minimum absolute atomic E-state index is 0.0700. The highest BCUT2D eigenvalue weighted by Gasteiger charge is 2.51. The predicted molar refractivity (Wildman–Crippen MR) is 277 cm³/mol. The highest BCUT2D eigenvalue weighted by atomic mass is 32.2. The van der Waals surface area contributed by atoms with Crippen LogP contribution in [0.1, 0.15) is 44.3 Å². The van der Waals surface area contributed by atoms with E-state index in [0.717, 1.165) is 5.75 Å². The van der Waals surface area contributed by atoms with Crippen LogP contribution in [0.4, 0.5) is 17.1 Å². The van der Waals surface area contributed by atoms with E-state index in [2.05, 4.69) is 26.6 Å². The number of rotatable bonds is 22. The van der Waals surface area contributed by atoms with Crippen LogP contribution < -0.4 is 61.0 Å². The molecule has 16 atom stereocenters. The fraction of sp³-hybridized carbons (Fsp3) is 0.622. The summed E-state index contributed by atoms with van der Waals surface area (Å²) >= 11 is 2.86. The Bertz CT molecular complexity index is 2440. The van der Waals surface area contributed by atoms with E-state index in [4.69, 9.17) is 53.3 Å². The van der Waals surface area contributed by atoms with Crippen LogP contribution in [-0.4, -0.2) is 210 Å². The van der Waals surface area contributed by atoms with Crippen molar-refractivity contribution < 1.29 is 68.5 Å². The number of nitrogens with two attached hydrogens (primary N) is 6. The number of amides is 5. The van der Waals surface area contributed by atoms with Crippen LogP contribution >= 0.6 is 23.5 Å². The van der Waals surface area contributed by atoms with Gasteiger partial charge in [-0.05, 0) is 43.0 Å². The molecule has 5 heterocycles. The van der Waals surface area contributed by atoms with Gasteiger partial charge in [-0.25, -0.2) is 0 Å². The zero-order valence-electron chi connectivity index (χ0n) is 41.9. The minimum Gasteiger partial charge on any atom is -0.389 e. The van der Waals surface area contributed by atoms with Crippen LogP contribution in [-0.2, 0) is 49.7 Å². The number of aliphatic hydroxyl groups is 5. The lowest BCUT2D eigenvalue weighted by Gasteiger charge is -2.48. The molecule has 75 heavy (non-hydrogen) atoms. The molecule has 0 bridgehead atoms. The van der Waals surface area contributed by atoms with Gasteiger partial charge in [0.25, 0.3) is 17.7 Å². The first-order valence-corrected chi connectivity index (χ1v) is 26.6. The monoisotopic (exact) mass is 1100 g/mol. The third-order valence-electron chi connectivity index (χ3n) is 13.1. The van der Waals surface area contributed by atoms with Gasteiger partial charge in [0.05, 0.1) is 53.9 Å². The summed E-state index contributed by atoms with van der Waals surface area (Å²) in [5, 5.41) is 67.4. The lowest BCUT2D eigenvalue weighted by Crippen LogP contribution is -2.69. The van der Waals surface area contributed by atoms with Crippen molar-refractivity contribution in [1.82, 2.24) is 24.3 Å². The maximum atomic E-state index is 13.3. The first kappa shape index (κ1) is 59.5. The normalized spacial score (nSPS) is 30.3. The molecule has 3 aliphatic rings. The van der Waals surface area contributed by atoms with Gasteiger partial charge in [-0.2, -0.15) is 23.5 Å². The summed E-state index contributed by atoms with van der Waals surface area (Å²) in [7, 11) is 4.86. The van der Waals surface area contributed by atoms with Crippen molar-refractivity contribution in [2.24, 2.45) is 55.5 Å². The highest BCUT2D eigenvalue weighted by molar-refractivity contribution is 7.99. The number of thioether (sulfide) groups is 2. The van der Waals surface area contributed by atoms with Crippen LogP contribution in [0.2, 0.25) is 0 Å². The zero-order chi connectivity index (χ0) is 55.0. The molecule has 2 aliphatic heterocycles. The fourth-order valence-electron chi connectivity index (χ4n) is 8.79. The summed E-state index contributed by atoms with van der Waals surface area (Å²) in [6, 6.07) is -0.440. The van der Waals surface area contributed by atoms with Crippen molar-refractivity contribution in [3.05, 3.63) is 53.9 Å². The van der Waals surface area contributed by atoms with E-state index in [1.54, 1.807) is 49.9 Å². The summed E-state index contributed by atoms with van der Waals surface area (Å²) in [6.07, 6.45) is -7.26. The number of carbonyl (C=O) groups excluding carboxylic acids is 5. The smallest absolute Gasteiger partial charge is 0.272 e. The van der Waals surface area contributed by atoms with Gasteiger partial charge >= 0.3 is 0 Å². The van der Waals surface area contributed by atoms with E-state index < -0.39 is 121 Å². The Kier molecular flexibility index (Phi) is 21.1. The Hall–Kier alpha value is -4.71. The van der Waals surface area contributed by atoms with Crippen LogP contribution in [0.5, 0.6) is 0 Å². The van der Waals surface area contributed by atoms with Gasteiger partial charge in [-0.15, -0.1) is 0 Å². The van der Waals surface area contributed by atoms with Gasteiger partial charge in [-0.3, -0.25) is 24.0 Å². The number of aliphatic hydroxyl groups excluding tert-OH is 5. The molecule has 418 valence electrons. The van der Waals surface area contributed by atoms with Crippen molar-refractivity contribution in [2.75, 3.05) is 59.1 Å². The Labute approximate surface area is 440 Å². The second kappa shape index (κ2) is 26.6. The van der Waals surface area contributed by atoms with Gasteiger partial charge < -0.3 is 119 Å². The Morgan fingerprint density at radius 3 is 1.75 bits per heavy atom. The molecule has 0 radical (unpaired) electrons. The highest BCUT2D eigenvalue weighted by Crippen LogP contribution is 2.32. The second-order valence-corrected chi connectivity index (χ2v) is 20.9. The van der Waals surface area contributed by atoms with E-state index in [9.17, 15) is 49.5 Å². The van der Waals surface area contributed by atoms with Crippen LogP contribution in [0.3, 0.4) is 0 Å². The third-order valence-corrected chi connectivity index (χ3v) is 14.8. The van der Waals surface area contributed by atoms with E-state index in [1.165, 1.54) is 45.3 Å². The van der Waals surface area contributed by atoms with Crippen molar-refractivity contribution >= 4 is 70.1 Å². The molecule has 5 amide bonds. The summed E-state index contributed by atoms with van der Waals surface area (Å²) in [5.41, 5.74) is 38.1. The first-order chi connectivity index (χ1) is 35.5. The van der Waals surface area contributed by atoms with E-state index in [1.807, 2.05) is 6.26 Å². The zero-order valence-corrected chi connectivity index (χ0v) is 43.5. The van der Waals surface area contributed by atoms with Gasteiger partial charge in [0.2, 0.25) is 11.8 Å². The molecule has 2 unspecified atom stereocenters. The number of nitrogens with one attached hydrogen (secondary N) is 5. The van der Waals surface area contributed by atoms with Crippen LogP contribution in [0.15, 0.2) is 36.8 Å². The van der Waals surface area contributed by atoms with Crippen molar-refractivity contribution in [2.45, 2.75) is 111 Å². The van der Waals surface area contributed by atoms with E-state index in [0.29, 0.717) is 23.5 Å². The van der Waals surface area contributed by atoms with Gasteiger partial charge in [0, 0.05) is 76.4 Å². The van der Waals surface area contributed by atoms with Crippen LogP contribution in [0, 0.1) is 0 Å². The standard InChI is InChI=1S/C45H72N14O14S2/c1-57-16-20(55-43(69)27-11-21(17-59(27)3)56-42(68)26-10-19(15-58(26)2)54-40(66)22(47)5-7-74-4)9-25(57)41(67)53-14-30(60)52-6-8-75-18-29-33(61)31(50)36(64)45(71-29)73-39-24(49)12-23(48)38(37(39)65)72-44-32(51)35(63)34(62)28(13-46)70-44/h9-11,15-17,22-24,28-29,31-39,44-45,61-65H,5-8,12-14,18,46-51H2,1-4H3,(H,52,60)(H,53,67)(H,54,66)(H,55,69)(H,56,68)/t22?,23-,24+,28+,29+,31-,32+,33+,34+,35+,36+,37-,38+,39?,44+,45+/m0/s1. The topological polar surface area (TPSA) is 454 Å². The summed E-state index contributed by atoms with van der Waals surface area (Å²) in [6.45, 7) is -0.377. The van der Waals surface area contributed by atoms with Crippen LogP contribution in [0.25, 0.3) is 0 Å². The van der Waals surface area contributed by atoms with E-state index >= 15 is 0 Å². The maximum absolute atomic E-state index is 13.3. The average Bonchev–Trinajstić information content (AvgIpc) is 4.06. The Morgan fingerprint density at radius 1 is 0.680 bits per heavy atom. The summed E-state index contributed by atoms with van der Waals surface area (Å²) in [5.74, 6) is -1.28. The van der Waals surface area contributed by atoms with Crippen molar-refractivity contribution in [3.63, 3.8) is 0 Å². The molecule has 22 N–H and O–H groups in total. The second-order valence-electron chi connectivity index (χ2n) is 18.8. The minimum atomic E-state index is -1.55. The maximum Gasteiger partial charge on any atom is 0.272 e. The number of ether oxygens (including phenoxy) is 4. The molecule has 2 saturated heterocycles. The molecule has 3 aromatic heterocycles. The SMILES string of the molecule is CSCCC(N)C(=O)Nc1cc(C(=O)Nc2cc(C(=O)Nc3cc(C(=O)NCC(=O)NCCSC[C@H]4O[C@H](OC5[C@H](N)C[C@H](N)[C@@H](O[C@H]6O[C@H](CN)[C@@H](O)[C@H](O)[C@H]6N)[C@@H]5O)[C@H](O)[C@@H](N)[C@@H]4O)n(C)c3)n(C)c2)n(C)c1. The fourth-order valence-corrected chi connectivity index (χ4v) is 10.2. The van der Waals surface area contributed by atoms with Crippen molar-refractivity contribution in [1.29, 1.82) is 0 Å². The largest absolute Gasteiger partial charge is 0.389 e. The molecule has 0 aromatic carbocycles. The molecule has 1 aliphatic carbocycles. The molecular weight excluding hydrogens is 1020 g/mol. The number of aryl methyl sites for hydroxylation is 3. The van der Waals surface area contributed by atoms with Gasteiger partial charge in [0.15, 0.2) is 12.6 Å². The third kappa shape index (κ3) is 14.7. The number of hydrogen-bond donors (Lipinski definition) is 16. The van der Waals surface area contributed by atoms with Gasteiger partial charge in [0.1, 0.15) is 59.8 Å². The molecule has 3 aromatic rings. The molecule has 6 rings (SSSR count).